The summed E-state index contributed by atoms with van der Waals surface area (Å²) in [7, 11) is -3.00. The van der Waals surface area contributed by atoms with Crippen molar-refractivity contribution in [2.75, 3.05) is 4.90 Å². The minimum atomic E-state index is -3.00. The van der Waals surface area contributed by atoms with Crippen LogP contribution in [0.3, 0.4) is 0 Å². The summed E-state index contributed by atoms with van der Waals surface area (Å²) in [5.41, 5.74) is 16.1. The van der Waals surface area contributed by atoms with E-state index < -0.39 is 8.07 Å². The van der Waals surface area contributed by atoms with Crippen molar-refractivity contribution in [1.82, 2.24) is 19.5 Å². The van der Waals surface area contributed by atoms with Gasteiger partial charge in [0.25, 0.3) is 0 Å². The van der Waals surface area contributed by atoms with Crippen LogP contribution >= 0.6 is 0 Å². The lowest BCUT2D eigenvalue weighted by molar-refractivity contribution is 0.669. The van der Waals surface area contributed by atoms with Crippen LogP contribution in [0, 0.1) is 0 Å². The Labute approximate surface area is 498 Å². The Kier molecular flexibility index (Phi) is 11.6. The third-order valence-electron chi connectivity index (χ3n) is 17.8. The standard InChI is InChI=1S/C79H53N5OSi/c1-6-20-52(21-7-1)54-34-39-60(40-35-54)83(61-41-36-53-22-16-17-27-57(53)46-61)62-42-44-67-66-43-37-59(48-75(66)86(76(67)49-62,63-28-12-4-13-29-63)64-30-14-5-15-31-64)58-38-45-71-68(47-58)69-50-70-65-32-18-19-33-73(65)85-74(70)51-72(69)84(71)79-81-77(55-23-8-2-9-24-55)80-78(82-79)56-25-10-3-11-26-56/h1-14,16-30,32-51H,15,31H2. The quantitative estimate of drug-likeness (QED) is 0.128. The van der Waals surface area contributed by atoms with Crippen molar-refractivity contribution in [3.63, 3.8) is 0 Å². The predicted octanol–water partition coefficient (Wildman–Crippen LogP) is 18.4. The molecule has 12 aromatic carbocycles. The summed E-state index contributed by atoms with van der Waals surface area (Å²) >= 11 is 0. The fraction of sp³-hybridized carbons (Fsp3) is 0.0253. The number of para-hydroxylation sites is 1. The minimum Gasteiger partial charge on any atom is -0.456 e. The topological polar surface area (TPSA) is 60.0 Å². The molecule has 0 saturated heterocycles. The molecule has 3 aromatic heterocycles. The van der Waals surface area contributed by atoms with Crippen molar-refractivity contribution in [1.29, 1.82) is 0 Å². The molecule has 0 N–H and O–H groups in total. The second kappa shape index (κ2) is 20.1. The molecule has 17 rings (SSSR count). The average molecular weight is 1120 g/mol. The van der Waals surface area contributed by atoms with Gasteiger partial charge in [-0.3, -0.25) is 4.57 Å². The second-order valence-electron chi connectivity index (χ2n) is 22.6. The van der Waals surface area contributed by atoms with Crippen LogP contribution in [0.4, 0.5) is 17.1 Å². The van der Waals surface area contributed by atoms with E-state index in [1.54, 1.807) is 0 Å². The van der Waals surface area contributed by atoms with Crippen LogP contribution in [0.1, 0.15) is 12.8 Å². The van der Waals surface area contributed by atoms with Crippen LogP contribution in [-0.4, -0.2) is 27.6 Å². The Morgan fingerprint density at radius 1 is 0.384 bits per heavy atom. The maximum atomic E-state index is 6.63. The van der Waals surface area contributed by atoms with E-state index in [2.05, 4.69) is 258 Å². The molecule has 15 aromatic rings. The van der Waals surface area contributed by atoms with Gasteiger partial charge in [0.05, 0.1) is 11.0 Å². The first-order chi connectivity index (χ1) is 42.6. The Balaban J connectivity index is 0.871. The summed E-state index contributed by atoms with van der Waals surface area (Å²) in [6.07, 6.45) is 9.07. The highest BCUT2D eigenvalue weighted by Gasteiger charge is 2.50. The van der Waals surface area contributed by atoms with Crippen LogP contribution < -0.4 is 20.5 Å². The largest absolute Gasteiger partial charge is 0.456 e. The number of nitrogens with zero attached hydrogens (tertiary/aromatic N) is 5. The maximum Gasteiger partial charge on any atom is 0.238 e. The normalized spacial score (nSPS) is 14.5. The number of fused-ring (bicyclic) bond motifs is 10. The van der Waals surface area contributed by atoms with E-state index in [4.69, 9.17) is 19.4 Å². The highest BCUT2D eigenvalue weighted by atomic mass is 28.3. The summed E-state index contributed by atoms with van der Waals surface area (Å²) in [5.74, 6) is 1.74. The zero-order valence-corrected chi connectivity index (χ0v) is 47.8. The zero-order valence-electron chi connectivity index (χ0n) is 46.8. The fourth-order valence-electron chi connectivity index (χ4n) is 13.8. The first kappa shape index (κ1) is 49.6. The number of aromatic nitrogens is 4. The summed E-state index contributed by atoms with van der Waals surface area (Å²) in [4.78, 5) is 18.2. The van der Waals surface area contributed by atoms with Crippen molar-refractivity contribution < 1.29 is 4.42 Å². The molecule has 0 bridgehead atoms. The molecule has 0 spiro atoms. The number of hydrogen-bond acceptors (Lipinski definition) is 5. The summed E-state index contributed by atoms with van der Waals surface area (Å²) < 4.78 is 8.83. The average Bonchev–Trinajstić information content (AvgIpc) is 1.60. The smallest absolute Gasteiger partial charge is 0.238 e. The lowest BCUT2D eigenvalue weighted by Gasteiger charge is -2.35. The van der Waals surface area contributed by atoms with E-state index in [1.165, 1.54) is 59.3 Å². The predicted molar refractivity (Wildman–Crippen MR) is 358 cm³/mol. The molecular weight excluding hydrogens is 1060 g/mol. The number of allylic oxidation sites excluding steroid dienone is 4. The molecule has 6 nitrogen and oxygen atoms in total. The molecule has 1 aliphatic heterocycles. The molecule has 1 aliphatic carbocycles. The van der Waals surface area contributed by atoms with E-state index in [-0.39, 0.29) is 0 Å². The molecule has 7 heteroatoms. The minimum absolute atomic E-state index is 0.535. The highest BCUT2D eigenvalue weighted by molar-refractivity contribution is 7.18. The van der Waals surface area contributed by atoms with E-state index in [9.17, 15) is 0 Å². The summed E-state index contributed by atoms with van der Waals surface area (Å²) in [6.45, 7) is 0. The van der Waals surface area contributed by atoms with Gasteiger partial charge < -0.3 is 9.32 Å². The van der Waals surface area contributed by atoms with Crippen LogP contribution in [0.2, 0.25) is 0 Å². The Morgan fingerprint density at radius 3 is 1.69 bits per heavy atom. The molecule has 0 fully saturated rings. The number of rotatable bonds is 10. The van der Waals surface area contributed by atoms with E-state index in [0.717, 1.165) is 90.3 Å². The molecule has 0 saturated carbocycles. The van der Waals surface area contributed by atoms with Crippen molar-refractivity contribution in [3.05, 3.63) is 302 Å². The third-order valence-corrected chi connectivity index (χ3v) is 22.8. The van der Waals surface area contributed by atoms with Crippen LogP contribution in [0.25, 0.3) is 117 Å². The van der Waals surface area contributed by atoms with Gasteiger partial charge in [0.15, 0.2) is 19.7 Å². The number of benzene rings is 12. The van der Waals surface area contributed by atoms with Gasteiger partial charge in [0.2, 0.25) is 5.95 Å². The van der Waals surface area contributed by atoms with Crippen molar-refractivity contribution in [2.24, 2.45) is 0 Å². The monoisotopic (exact) mass is 1120 g/mol. The zero-order chi connectivity index (χ0) is 56.7. The van der Waals surface area contributed by atoms with Gasteiger partial charge in [-0.25, -0.2) is 4.98 Å². The molecule has 1 unspecified atom stereocenters. The molecule has 86 heavy (non-hydrogen) atoms. The van der Waals surface area contributed by atoms with Crippen molar-refractivity contribution in [2.45, 2.75) is 12.8 Å². The lowest BCUT2D eigenvalue weighted by Crippen LogP contribution is -2.66. The van der Waals surface area contributed by atoms with Crippen LogP contribution in [0.15, 0.2) is 307 Å². The molecular formula is C79H53N5OSi. The van der Waals surface area contributed by atoms with E-state index in [0.29, 0.717) is 17.6 Å². The van der Waals surface area contributed by atoms with Crippen molar-refractivity contribution >= 4 is 95.2 Å². The van der Waals surface area contributed by atoms with Gasteiger partial charge in [-0.1, -0.05) is 236 Å². The third kappa shape index (κ3) is 8.04. The first-order valence-electron chi connectivity index (χ1n) is 29.5. The molecule has 2 aliphatic rings. The van der Waals surface area contributed by atoms with Gasteiger partial charge >= 0.3 is 0 Å². The lowest BCUT2D eigenvalue weighted by atomic mass is 9.98. The first-order valence-corrected chi connectivity index (χ1v) is 31.5. The Bertz CT molecular complexity index is 5170. The van der Waals surface area contributed by atoms with Crippen LogP contribution in [0.5, 0.6) is 0 Å². The maximum absolute atomic E-state index is 6.63. The number of furan rings is 1. The highest BCUT2D eigenvalue weighted by Crippen LogP contribution is 2.44. The Hall–Kier alpha value is -11.0. The van der Waals surface area contributed by atoms with Gasteiger partial charge in [-0.15, -0.1) is 0 Å². The van der Waals surface area contributed by atoms with Crippen LogP contribution in [-0.2, 0) is 0 Å². The molecule has 0 radical (unpaired) electrons. The number of anilines is 3. The van der Waals surface area contributed by atoms with Gasteiger partial charge in [-0.2, -0.15) is 9.97 Å². The molecule has 1 atom stereocenters. The summed E-state index contributed by atoms with van der Waals surface area (Å²) in [6, 6.07) is 102. The second-order valence-corrected chi connectivity index (χ2v) is 26.4. The molecule has 404 valence electrons. The van der Waals surface area contributed by atoms with Gasteiger partial charge in [-0.05, 0) is 133 Å². The Morgan fingerprint density at radius 2 is 0.953 bits per heavy atom. The number of hydrogen-bond donors (Lipinski definition) is 0. The molecule has 4 heterocycles. The van der Waals surface area contributed by atoms with E-state index in [1.807, 2.05) is 48.5 Å². The molecule has 0 amide bonds. The van der Waals surface area contributed by atoms with E-state index >= 15 is 0 Å². The van der Waals surface area contributed by atoms with Gasteiger partial charge in [0.1, 0.15) is 11.2 Å². The summed E-state index contributed by atoms with van der Waals surface area (Å²) in [5, 5.41) is 12.5. The van der Waals surface area contributed by atoms with Gasteiger partial charge in [0, 0.05) is 55.8 Å². The SMILES string of the molecule is C1=CCCC([Si]2(c3ccccc3)c3cc(-c4ccc5c(c4)c4cc6c(cc4n5-c4nc(-c5ccccc5)nc(-c5ccccc5)n4)oc4ccccc46)ccc3-c3ccc(N(c4ccc(-c5ccccc5)cc4)c4ccc5ccccc5c4)cc32)=C1. The fourth-order valence-corrected chi connectivity index (χ4v) is 19.3. The van der Waals surface area contributed by atoms with Crippen molar-refractivity contribution in [3.8, 4) is 62.1 Å².